The summed E-state index contributed by atoms with van der Waals surface area (Å²) in [6.45, 7) is 10.4. The van der Waals surface area contributed by atoms with Gasteiger partial charge in [0.1, 0.15) is 0 Å². The van der Waals surface area contributed by atoms with Crippen molar-refractivity contribution in [3.8, 4) is 0 Å². The zero-order chi connectivity index (χ0) is 12.6. The van der Waals surface area contributed by atoms with Crippen LogP contribution in [0.15, 0.2) is 36.9 Å². The molecule has 0 saturated heterocycles. The van der Waals surface area contributed by atoms with Crippen LogP contribution in [-0.4, -0.2) is 0 Å². The van der Waals surface area contributed by atoms with Crippen molar-refractivity contribution in [2.45, 2.75) is 26.7 Å². The Morgan fingerprint density at radius 3 is 2.47 bits per heavy atom. The maximum atomic E-state index is 6.17. The molecule has 0 aliphatic heterocycles. The lowest BCUT2D eigenvalue weighted by atomic mass is 9.90. The predicted molar refractivity (Wildman–Crippen MR) is 77.7 cm³/mol. The lowest BCUT2D eigenvalue weighted by Gasteiger charge is -2.15. The van der Waals surface area contributed by atoms with E-state index < -0.39 is 0 Å². The molecule has 0 N–H and O–H groups in total. The third-order valence-corrected chi connectivity index (χ3v) is 3.37. The highest BCUT2D eigenvalue weighted by Crippen LogP contribution is 2.34. The van der Waals surface area contributed by atoms with Gasteiger partial charge < -0.3 is 0 Å². The summed E-state index contributed by atoms with van der Waals surface area (Å²) in [5.74, 6) is 0.482. The van der Waals surface area contributed by atoms with Crippen LogP contribution in [0.3, 0.4) is 0 Å². The van der Waals surface area contributed by atoms with E-state index >= 15 is 0 Å². The van der Waals surface area contributed by atoms with E-state index in [2.05, 4.69) is 57.7 Å². The molecule has 0 spiro atoms. The number of benzene rings is 2. The average molecular weight is 245 g/mol. The second-order valence-corrected chi connectivity index (χ2v) is 5.22. The summed E-state index contributed by atoms with van der Waals surface area (Å²) in [7, 11) is 0. The maximum absolute atomic E-state index is 6.17. The van der Waals surface area contributed by atoms with E-state index in [1.54, 1.807) is 0 Å². The maximum Gasteiger partial charge on any atom is 0.0415 e. The van der Waals surface area contributed by atoms with Gasteiger partial charge in [0.25, 0.3) is 0 Å². The third-order valence-electron chi connectivity index (χ3n) is 3.18. The second-order valence-electron chi connectivity index (χ2n) is 4.76. The molecule has 0 atom stereocenters. The van der Waals surface area contributed by atoms with Crippen molar-refractivity contribution < 1.29 is 0 Å². The number of halogens is 1. The van der Waals surface area contributed by atoms with Crippen LogP contribution in [-0.2, 0) is 0 Å². The third kappa shape index (κ3) is 2.10. The molecule has 17 heavy (non-hydrogen) atoms. The van der Waals surface area contributed by atoms with Gasteiger partial charge in [0.15, 0.2) is 0 Å². The van der Waals surface area contributed by atoms with Crippen molar-refractivity contribution in [1.82, 2.24) is 0 Å². The minimum absolute atomic E-state index is 0.482. The topological polar surface area (TPSA) is 0 Å². The molecule has 2 rings (SSSR count). The molecule has 2 aromatic carbocycles. The zero-order valence-electron chi connectivity index (χ0n) is 10.5. The van der Waals surface area contributed by atoms with Crippen molar-refractivity contribution in [3.05, 3.63) is 53.6 Å². The number of rotatable bonds is 2. The zero-order valence-corrected chi connectivity index (χ0v) is 11.3. The van der Waals surface area contributed by atoms with Crippen LogP contribution < -0.4 is 0 Å². The molecule has 0 fully saturated rings. The van der Waals surface area contributed by atoms with Crippen LogP contribution in [0.2, 0.25) is 0 Å². The first-order valence-corrected chi connectivity index (χ1v) is 6.27. The minimum Gasteiger partial charge on any atom is -0.0843 e. The van der Waals surface area contributed by atoms with E-state index in [0.717, 1.165) is 5.56 Å². The molecule has 0 bridgehead atoms. The molecule has 0 amide bonds. The fourth-order valence-electron chi connectivity index (χ4n) is 2.34. The molecular formula is C16H17Cl. The molecule has 0 aliphatic rings. The monoisotopic (exact) mass is 244 g/mol. The summed E-state index contributed by atoms with van der Waals surface area (Å²) in [5.41, 5.74) is 3.61. The van der Waals surface area contributed by atoms with Gasteiger partial charge in [0, 0.05) is 10.6 Å². The van der Waals surface area contributed by atoms with E-state index in [1.807, 2.05) is 0 Å². The van der Waals surface area contributed by atoms with Gasteiger partial charge in [-0.3, -0.25) is 0 Å². The molecule has 0 heterocycles. The van der Waals surface area contributed by atoms with Gasteiger partial charge in [-0.25, -0.2) is 0 Å². The van der Waals surface area contributed by atoms with Gasteiger partial charge in [0.05, 0.1) is 0 Å². The Morgan fingerprint density at radius 2 is 1.88 bits per heavy atom. The predicted octanol–water partition coefficient (Wildman–Crippen LogP) is 5.48. The molecule has 2 aromatic rings. The Kier molecular flexibility index (Phi) is 3.26. The first kappa shape index (κ1) is 12.2. The van der Waals surface area contributed by atoms with Crippen molar-refractivity contribution in [3.63, 3.8) is 0 Å². The largest absolute Gasteiger partial charge is 0.0843 e. The highest BCUT2D eigenvalue weighted by atomic mass is 35.5. The standard InChI is InChI=1S/C16H17Cl/c1-10(2)14-7-5-6-13-9-8-11(3)15(12(4)17)16(13)14/h5-10H,4H2,1-3H3. The Balaban J connectivity index is 2.94. The van der Waals surface area contributed by atoms with E-state index in [4.69, 9.17) is 11.6 Å². The van der Waals surface area contributed by atoms with E-state index in [-0.39, 0.29) is 0 Å². The van der Waals surface area contributed by atoms with Crippen LogP contribution in [0, 0.1) is 6.92 Å². The number of hydrogen-bond donors (Lipinski definition) is 0. The number of hydrogen-bond acceptors (Lipinski definition) is 0. The van der Waals surface area contributed by atoms with Gasteiger partial charge in [-0.2, -0.15) is 0 Å². The first-order chi connectivity index (χ1) is 8.02. The van der Waals surface area contributed by atoms with Crippen LogP contribution in [0.25, 0.3) is 15.8 Å². The lowest BCUT2D eigenvalue weighted by molar-refractivity contribution is 0.876. The van der Waals surface area contributed by atoms with Crippen molar-refractivity contribution >= 4 is 27.4 Å². The van der Waals surface area contributed by atoms with Crippen molar-refractivity contribution in [2.75, 3.05) is 0 Å². The average Bonchev–Trinajstić information content (AvgIpc) is 2.27. The highest BCUT2D eigenvalue weighted by Gasteiger charge is 2.12. The first-order valence-electron chi connectivity index (χ1n) is 5.89. The molecule has 0 aliphatic carbocycles. The Morgan fingerprint density at radius 1 is 1.18 bits per heavy atom. The van der Waals surface area contributed by atoms with Crippen molar-refractivity contribution in [1.29, 1.82) is 0 Å². The SMILES string of the molecule is C=C(Cl)c1c(C)ccc2cccc(C(C)C)c12. The fourth-order valence-corrected chi connectivity index (χ4v) is 2.59. The normalized spacial score (nSPS) is 11.1. The quantitative estimate of drug-likeness (QED) is 0.656. The fraction of sp³-hybridized carbons (Fsp3) is 0.250. The van der Waals surface area contributed by atoms with Gasteiger partial charge in [0.2, 0.25) is 0 Å². The Bertz CT molecular complexity index is 579. The summed E-state index contributed by atoms with van der Waals surface area (Å²) < 4.78 is 0. The van der Waals surface area contributed by atoms with E-state index in [0.29, 0.717) is 11.0 Å². The second kappa shape index (κ2) is 4.54. The molecule has 88 valence electrons. The Hall–Kier alpha value is -1.27. The molecular weight excluding hydrogens is 228 g/mol. The molecule has 0 unspecified atom stereocenters. The molecule has 1 heteroatoms. The van der Waals surface area contributed by atoms with E-state index in [1.165, 1.54) is 21.9 Å². The Labute approximate surface area is 108 Å². The summed E-state index contributed by atoms with van der Waals surface area (Å²) in [5, 5.41) is 3.11. The summed E-state index contributed by atoms with van der Waals surface area (Å²) >= 11 is 6.17. The minimum atomic E-state index is 0.482. The molecule has 0 saturated carbocycles. The van der Waals surface area contributed by atoms with Crippen LogP contribution in [0.5, 0.6) is 0 Å². The van der Waals surface area contributed by atoms with E-state index in [9.17, 15) is 0 Å². The molecule has 0 radical (unpaired) electrons. The van der Waals surface area contributed by atoms with Crippen LogP contribution in [0.4, 0.5) is 0 Å². The summed E-state index contributed by atoms with van der Waals surface area (Å²) in [4.78, 5) is 0. The number of aryl methyl sites for hydroxylation is 1. The lowest BCUT2D eigenvalue weighted by Crippen LogP contribution is -1.94. The molecule has 0 nitrogen and oxygen atoms in total. The van der Waals surface area contributed by atoms with Crippen molar-refractivity contribution in [2.24, 2.45) is 0 Å². The van der Waals surface area contributed by atoms with Gasteiger partial charge in [-0.1, -0.05) is 62.4 Å². The smallest absolute Gasteiger partial charge is 0.0415 e. The van der Waals surface area contributed by atoms with Gasteiger partial charge in [-0.05, 0) is 34.7 Å². The highest BCUT2D eigenvalue weighted by molar-refractivity contribution is 6.49. The van der Waals surface area contributed by atoms with Crippen LogP contribution in [0.1, 0.15) is 36.5 Å². The van der Waals surface area contributed by atoms with Crippen LogP contribution >= 0.6 is 11.6 Å². The summed E-state index contributed by atoms with van der Waals surface area (Å²) in [6, 6.07) is 10.7. The molecule has 0 aromatic heterocycles. The number of fused-ring (bicyclic) bond motifs is 1. The van der Waals surface area contributed by atoms with Gasteiger partial charge in [-0.15, -0.1) is 0 Å². The van der Waals surface area contributed by atoms with Gasteiger partial charge >= 0.3 is 0 Å². The summed E-state index contributed by atoms with van der Waals surface area (Å²) in [6.07, 6.45) is 0.